The fourth-order valence-electron chi connectivity index (χ4n) is 6.06. The Morgan fingerprint density at radius 2 is 1.94 bits per heavy atom. The van der Waals surface area contributed by atoms with Crippen molar-refractivity contribution < 1.29 is 22.6 Å². The predicted molar refractivity (Wildman–Crippen MR) is 125 cm³/mol. The maximum atomic E-state index is 13.6. The van der Waals surface area contributed by atoms with E-state index in [1.807, 2.05) is 17.0 Å². The molecule has 4 aliphatic rings. The summed E-state index contributed by atoms with van der Waals surface area (Å²) >= 11 is 0. The lowest BCUT2D eigenvalue weighted by Crippen LogP contribution is -2.70. The number of fused-ring (bicyclic) bond motifs is 1. The molecule has 3 aliphatic carbocycles. The van der Waals surface area contributed by atoms with Crippen molar-refractivity contribution in [3.8, 4) is 5.88 Å². The Kier molecular flexibility index (Phi) is 4.93. The zero-order chi connectivity index (χ0) is 25.5. The van der Waals surface area contributed by atoms with Gasteiger partial charge in [0.1, 0.15) is 17.7 Å². The lowest BCUT2D eigenvalue weighted by atomic mass is 9.33. The molecule has 4 fully saturated rings. The lowest BCUT2D eigenvalue weighted by molar-refractivity contribution is -0.337. The molecule has 2 bridgehead atoms. The molecule has 0 amide bonds. The van der Waals surface area contributed by atoms with Crippen LogP contribution in [0.3, 0.4) is 0 Å². The van der Waals surface area contributed by atoms with Crippen LogP contribution in [0.2, 0.25) is 0 Å². The van der Waals surface area contributed by atoms with E-state index in [9.17, 15) is 18.0 Å². The first kappa shape index (κ1) is 23.2. The van der Waals surface area contributed by atoms with Crippen molar-refractivity contribution in [3.05, 3.63) is 51.8 Å². The Bertz CT molecular complexity index is 1420. The summed E-state index contributed by atoms with van der Waals surface area (Å²) in [5.41, 5.74) is -0.845. The van der Waals surface area contributed by atoms with Crippen LogP contribution in [0.4, 0.5) is 19.0 Å². The van der Waals surface area contributed by atoms with E-state index < -0.39 is 17.0 Å². The molecule has 36 heavy (non-hydrogen) atoms. The number of hydrogen-bond acceptors (Lipinski definition) is 7. The van der Waals surface area contributed by atoms with Crippen molar-refractivity contribution in [2.24, 2.45) is 12.5 Å². The second kappa shape index (κ2) is 7.64. The van der Waals surface area contributed by atoms with Gasteiger partial charge in [-0.2, -0.15) is 13.2 Å². The summed E-state index contributed by atoms with van der Waals surface area (Å²) in [5.74, 6) is 1.61. The number of methoxy groups -OCH3 is 1. The zero-order valence-corrected chi connectivity index (χ0v) is 20.2. The number of nitrogens with zero attached hydrogens (tertiary/aromatic N) is 5. The molecule has 1 unspecified atom stereocenters. The minimum absolute atomic E-state index is 0.0331. The first-order valence-corrected chi connectivity index (χ1v) is 11.9. The third-order valence-electron chi connectivity index (χ3n) is 8.14. The highest BCUT2D eigenvalue weighted by Crippen LogP contribution is 2.78. The summed E-state index contributed by atoms with van der Waals surface area (Å²) in [7, 11) is 3.17. The van der Waals surface area contributed by atoms with E-state index in [1.54, 1.807) is 33.3 Å². The number of ether oxygens (including phenoxy) is 2. The lowest BCUT2D eigenvalue weighted by Gasteiger charge is -2.70. The summed E-state index contributed by atoms with van der Waals surface area (Å²) in [5, 5.41) is 0.325. The monoisotopic (exact) mass is 501 g/mol. The van der Waals surface area contributed by atoms with E-state index in [1.165, 1.54) is 4.57 Å². The van der Waals surface area contributed by atoms with Crippen LogP contribution in [0, 0.1) is 12.3 Å². The second-order valence-electron chi connectivity index (χ2n) is 10.3. The van der Waals surface area contributed by atoms with Crippen molar-refractivity contribution in [2.45, 2.75) is 43.9 Å². The van der Waals surface area contributed by atoms with Crippen LogP contribution in [-0.4, -0.2) is 52.5 Å². The van der Waals surface area contributed by atoms with Gasteiger partial charge >= 0.3 is 6.18 Å². The van der Waals surface area contributed by atoms with Crippen molar-refractivity contribution in [3.63, 3.8) is 0 Å². The molecule has 0 N–H and O–H groups in total. The molecule has 0 spiro atoms. The normalized spacial score (nSPS) is 27.5. The Morgan fingerprint density at radius 3 is 2.64 bits per heavy atom. The van der Waals surface area contributed by atoms with Crippen LogP contribution in [0.5, 0.6) is 5.88 Å². The van der Waals surface area contributed by atoms with Crippen molar-refractivity contribution in [1.82, 2.24) is 19.5 Å². The Morgan fingerprint density at radius 1 is 1.19 bits per heavy atom. The number of aryl methyl sites for hydroxylation is 1. The van der Waals surface area contributed by atoms with Crippen LogP contribution in [0.1, 0.15) is 42.4 Å². The van der Waals surface area contributed by atoms with E-state index in [0.717, 1.165) is 5.56 Å². The van der Waals surface area contributed by atoms with Crippen LogP contribution in [0.15, 0.2) is 29.2 Å². The van der Waals surface area contributed by atoms with Crippen molar-refractivity contribution >= 4 is 16.7 Å². The molecule has 4 heterocycles. The van der Waals surface area contributed by atoms with Gasteiger partial charge in [0.2, 0.25) is 5.88 Å². The minimum atomic E-state index is -4.25. The van der Waals surface area contributed by atoms with Gasteiger partial charge in [-0.05, 0) is 37.8 Å². The molecule has 1 atom stereocenters. The summed E-state index contributed by atoms with van der Waals surface area (Å²) < 4.78 is 53.5. The van der Waals surface area contributed by atoms with Gasteiger partial charge in [0, 0.05) is 43.9 Å². The van der Waals surface area contributed by atoms with Crippen LogP contribution >= 0.6 is 0 Å². The Balaban J connectivity index is 1.41. The van der Waals surface area contributed by atoms with Gasteiger partial charge in [-0.15, -0.1) is 0 Å². The van der Waals surface area contributed by atoms with Crippen LogP contribution < -0.4 is 15.2 Å². The largest absolute Gasteiger partial charge is 0.481 e. The zero-order valence-electron chi connectivity index (χ0n) is 20.2. The molecule has 0 aromatic carbocycles. The smallest absolute Gasteiger partial charge is 0.394 e. The number of hydrogen-bond donors (Lipinski definition) is 0. The highest BCUT2D eigenvalue weighted by atomic mass is 19.4. The van der Waals surface area contributed by atoms with Gasteiger partial charge < -0.3 is 14.4 Å². The molecule has 3 aromatic rings. The number of morpholine rings is 1. The van der Waals surface area contributed by atoms with E-state index in [-0.39, 0.29) is 30.9 Å². The third-order valence-corrected chi connectivity index (χ3v) is 8.14. The van der Waals surface area contributed by atoms with Crippen LogP contribution in [-0.2, 0) is 17.2 Å². The number of anilines is 1. The molecule has 3 saturated carbocycles. The van der Waals surface area contributed by atoms with E-state index in [0.29, 0.717) is 53.8 Å². The van der Waals surface area contributed by atoms with E-state index in [4.69, 9.17) is 14.5 Å². The van der Waals surface area contributed by atoms with Crippen molar-refractivity contribution in [2.75, 3.05) is 31.7 Å². The average Bonchev–Trinajstić information content (AvgIpc) is 2.79. The second-order valence-corrected chi connectivity index (χ2v) is 10.3. The van der Waals surface area contributed by atoms with Gasteiger partial charge in [-0.3, -0.25) is 9.36 Å². The standard InChI is InChI=1S/C25H26F3N5O3/c1-14-30-16-9-18(33-6-7-36-17(10-33)15-4-5-29-19(8-15)35-3)31-21(20(16)22(34)32(14)2)23-11-24(12-23,13-23)25(26,27)28/h4-5,8-9,17H,6-7,10-13H2,1-3H3. The SMILES string of the molecule is COc1cc(C2CN(c3cc4nc(C)n(C)c(=O)c4c(C45CC(C(F)(F)F)(C4)C5)n3)CCO2)ccn1. The quantitative estimate of drug-likeness (QED) is 0.540. The molecular weight excluding hydrogens is 475 g/mol. The maximum Gasteiger partial charge on any atom is 0.394 e. The van der Waals surface area contributed by atoms with Gasteiger partial charge in [0.05, 0.1) is 35.7 Å². The molecule has 8 nitrogen and oxygen atoms in total. The summed E-state index contributed by atoms with van der Waals surface area (Å²) in [6, 6.07) is 5.46. The molecule has 0 radical (unpaired) electrons. The molecule has 11 heteroatoms. The average molecular weight is 502 g/mol. The third kappa shape index (κ3) is 3.24. The first-order valence-electron chi connectivity index (χ1n) is 11.9. The molecule has 7 rings (SSSR count). The number of halogens is 3. The molecule has 190 valence electrons. The first-order chi connectivity index (χ1) is 17.1. The molecule has 1 saturated heterocycles. The highest BCUT2D eigenvalue weighted by Gasteiger charge is 2.79. The van der Waals surface area contributed by atoms with Gasteiger partial charge in [0.25, 0.3) is 5.56 Å². The number of aromatic nitrogens is 4. The van der Waals surface area contributed by atoms with Crippen molar-refractivity contribution in [1.29, 1.82) is 0 Å². The summed E-state index contributed by atoms with van der Waals surface area (Å²) in [4.78, 5) is 28.9. The maximum absolute atomic E-state index is 13.6. The van der Waals surface area contributed by atoms with Gasteiger partial charge in [-0.1, -0.05) is 0 Å². The number of alkyl halides is 3. The van der Waals surface area contributed by atoms with E-state index in [2.05, 4.69) is 9.97 Å². The fraction of sp³-hybridized carbons (Fsp3) is 0.520. The Hall–Kier alpha value is -3.21. The number of rotatable bonds is 4. The fourth-order valence-corrected chi connectivity index (χ4v) is 6.06. The number of pyridine rings is 2. The summed E-state index contributed by atoms with van der Waals surface area (Å²) in [6.07, 6.45) is -2.95. The molecular formula is C25H26F3N5O3. The predicted octanol–water partition coefficient (Wildman–Crippen LogP) is 3.60. The highest BCUT2D eigenvalue weighted by molar-refractivity contribution is 5.84. The molecule has 1 aliphatic heterocycles. The summed E-state index contributed by atoms with van der Waals surface area (Å²) in [6.45, 7) is 3.21. The Labute approximate surface area is 205 Å². The van der Waals surface area contributed by atoms with Gasteiger partial charge in [0.15, 0.2) is 0 Å². The van der Waals surface area contributed by atoms with Gasteiger partial charge in [-0.25, -0.2) is 15.0 Å². The topological polar surface area (TPSA) is 82.4 Å². The minimum Gasteiger partial charge on any atom is -0.481 e. The van der Waals surface area contributed by atoms with E-state index >= 15 is 0 Å². The van der Waals surface area contributed by atoms with Crippen LogP contribution in [0.25, 0.3) is 10.9 Å². The molecule has 3 aromatic heterocycles.